The van der Waals surface area contributed by atoms with Crippen molar-refractivity contribution in [1.29, 1.82) is 0 Å². The number of aromatic amines is 1. The summed E-state index contributed by atoms with van der Waals surface area (Å²) in [7, 11) is 3.32. The molecule has 2 aliphatic heterocycles. The first kappa shape index (κ1) is 44.6. The number of hydrogen-bond donors (Lipinski definition) is 5. The van der Waals surface area contributed by atoms with Crippen LogP contribution in [0.15, 0.2) is 36.4 Å². The lowest BCUT2D eigenvalue weighted by Crippen LogP contribution is -2.57. The number of likely N-dealkylation sites (tertiary alicyclic amines) is 2. The smallest absolute Gasteiger partial charge is 0.245 e. The fraction of sp³-hybridized carbons (Fsp3) is 0.587. The minimum Gasteiger partial charge on any atom is -0.352 e. The van der Waals surface area contributed by atoms with Gasteiger partial charge in [0, 0.05) is 42.4 Å². The molecule has 4 amide bonds. The number of rotatable bonds is 15. The number of fused-ring (bicyclic) bond motifs is 2. The predicted molar refractivity (Wildman–Crippen MR) is 231 cm³/mol. The minimum absolute atomic E-state index is 0.0118. The minimum atomic E-state index is -1.34. The van der Waals surface area contributed by atoms with Crippen LogP contribution in [0.3, 0.4) is 0 Å². The normalized spacial score (nSPS) is 23.9. The Kier molecular flexibility index (Phi) is 13.2. The molecule has 2 unspecified atom stereocenters. The van der Waals surface area contributed by atoms with Gasteiger partial charge in [-0.25, -0.2) is 22.5 Å². The number of carbonyl (C=O) groups is 4. The van der Waals surface area contributed by atoms with Crippen LogP contribution in [-0.2, 0) is 32.1 Å². The van der Waals surface area contributed by atoms with Gasteiger partial charge in [-0.15, -0.1) is 0 Å². The number of alkyl halides is 2. The highest BCUT2D eigenvalue weighted by Gasteiger charge is 2.46. The number of H-pyrrole nitrogens is 1. The zero-order chi connectivity index (χ0) is 44.7. The Hall–Kier alpha value is -5.03. The van der Waals surface area contributed by atoms with Crippen LogP contribution in [0, 0.1) is 23.5 Å². The average Bonchev–Trinajstić information content (AvgIpc) is 3.64. The lowest BCUT2D eigenvalue weighted by molar-refractivity contribution is -0.139. The van der Waals surface area contributed by atoms with Crippen LogP contribution in [0.5, 0.6) is 0 Å². The zero-order valence-electron chi connectivity index (χ0n) is 36.4. The molecule has 0 bridgehead atoms. The van der Waals surface area contributed by atoms with Crippen LogP contribution >= 0.6 is 0 Å². The van der Waals surface area contributed by atoms with Crippen molar-refractivity contribution in [1.82, 2.24) is 45.6 Å². The number of halogens is 4. The molecule has 4 fully saturated rings. The topological polar surface area (TPSA) is 156 Å². The van der Waals surface area contributed by atoms with Gasteiger partial charge in [0.05, 0.1) is 47.9 Å². The third kappa shape index (κ3) is 9.31. The molecule has 2 saturated carbocycles. The van der Waals surface area contributed by atoms with E-state index < -0.39 is 60.2 Å². The second-order valence-electron chi connectivity index (χ2n) is 18.2. The molecule has 2 aliphatic carbocycles. The van der Waals surface area contributed by atoms with Crippen LogP contribution in [-0.4, -0.2) is 124 Å². The van der Waals surface area contributed by atoms with Crippen molar-refractivity contribution in [2.75, 3.05) is 27.2 Å². The van der Waals surface area contributed by atoms with Crippen LogP contribution in [0.2, 0.25) is 0 Å². The molecule has 0 spiro atoms. The SMILES string of the molecule is CN[C@@H](C)C(=O)NC(C(=O)N1C[C@@H](F)C[C@H]1Cc1c(-c2nc3cc(F)ccc3n2C[C@@H]2C[C@H](F)CN2C(=O)C(NC(=O)[C@H](C)NC)C2CCCCC2)[nH]c2cc(F)ccc12)C1CC1. The number of aromatic nitrogens is 3. The van der Waals surface area contributed by atoms with Crippen LogP contribution in [0.1, 0.15) is 77.2 Å². The Morgan fingerprint density at radius 3 is 1.92 bits per heavy atom. The van der Waals surface area contributed by atoms with Gasteiger partial charge < -0.3 is 40.6 Å². The van der Waals surface area contributed by atoms with Crippen molar-refractivity contribution in [2.24, 2.45) is 11.8 Å². The highest BCUT2D eigenvalue weighted by atomic mass is 19.1. The summed E-state index contributed by atoms with van der Waals surface area (Å²) in [5.41, 5.74) is 2.28. The van der Waals surface area contributed by atoms with E-state index >= 15 is 8.78 Å². The summed E-state index contributed by atoms with van der Waals surface area (Å²) in [6, 6.07) is 4.37. The summed E-state index contributed by atoms with van der Waals surface area (Å²) in [6.45, 7) is 3.15. The van der Waals surface area contributed by atoms with Gasteiger partial charge in [0.1, 0.15) is 36.1 Å². The fourth-order valence-corrected chi connectivity index (χ4v) is 10.0. The second-order valence-corrected chi connectivity index (χ2v) is 18.2. The van der Waals surface area contributed by atoms with E-state index in [1.54, 1.807) is 40.1 Å². The molecule has 17 heteroatoms. The molecule has 2 saturated heterocycles. The summed E-state index contributed by atoms with van der Waals surface area (Å²) < 4.78 is 62.9. The Morgan fingerprint density at radius 2 is 1.32 bits per heavy atom. The Morgan fingerprint density at radius 1 is 0.762 bits per heavy atom. The molecule has 8 atom stereocenters. The fourth-order valence-electron chi connectivity index (χ4n) is 10.0. The molecule has 4 aromatic rings. The molecule has 2 aromatic heterocycles. The summed E-state index contributed by atoms with van der Waals surface area (Å²) in [5, 5.41) is 12.3. The first-order valence-corrected chi connectivity index (χ1v) is 22.5. The molecule has 63 heavy (non-hydrogen) atoms. The van der Waals surface area contributed by atoms with Gasteiger partial charge >= 0.3 is 0 Å². The van der Waals surface area contributed by atoms with E-state index in [-0.39, 0.29) is 74.4 Å². The van der Waals surface area contributed by atoms with E-state index in [1.807, 2.05) is 4.57 Å². The third-order valence-electron chi connectivity index (χ3n) is 13.9. The standard InChI is InChI=1S/C46H59F4N9O4/c1-24(51-3)43(60)55-39(26-8-6-5-7-9-26)46(63)58-22-31(50)17-33(58)23-59-38-15-13-29(48)19-37(38)54-42(59)41-35(34-14-12-28(47)18-36(34)53-41)20-32-16-30(49)21-57(32)45(62)40(27-10-11-27)56-44(61)25(2)52-4/h12-15,18-19,24-27,30-33,39-40,51-53H,5-11,16-17,20-23H2,1-4H3,(H,55,60)(H,56,61)/t24-,25-,30-,31-,32-,33-,39?,40?/m0/s1. The van der Waals surface area contributed by atoms with E-state index in [4.69, 9.17) is 4.98 Å². The maximum absolute atomic E-state index is 15.7. The van der Waals surface area contributed by atoms with Gasteiger partial charge in [-0.05, 0) is 108 Å². The second kappa shape index (κ2) is 18.6. The maximum Gasteiger partial charge on any atom is 0.245 e. The van der Waals surface area contributed by atoms with E-state index in [1.165, 1.54) is 34.1 Å². The lowest BCUT2D eigenvalue weighted by Gasteiger charge is -2.35. The summed E-state index contributed by atoms with van der Waals surface area (Å²) in [6.07, 6.45) is 3.42. The van der Waals surface area contributed by atoms with Gasteiger partial charge in [-0.2, -0.15) is 0 Å². The number of nitrogens with one attached hydrogen (secondary N) is 5. The van der Waals surface area contributed by atoms with Gasteiger partial charge in [0.25, 0.3) is 0 Å². The molecule has 0 radical (unpaired) electrons. The van der Waals surface area contributed by atoms with E-state index in [9.17, 15) is 28.0 Å². The summed E-state index contributed by atoms with van der Waals surface area (Å²) in [4.78, 5) is 66.5. The quantitative estimate of drug-likeness (QED) is 0.105. The van der Waals surface area contributed by atoms with Crippen molar-refractivity contribution in [2.45, 2.75) is 133 Å². The largest absolute Gasteiger partial charge is 0.352 e. The van der Waals surface area contributed by atoms with Crippen LogP contribution in [0.25, 0.3) is 33.5 Å². The molecule has 5 N–H and O–H groups in total. The van der Waals surface area contributed by atoms with Gasteiger partial charge in [-0.3, -0.25) is 19.2 Å². The first-order valence-electron chi connectivity index (χ1n) is 22.5. The molecule has 2 aromatic carbocycles. The summed E-state index contributed by atoms with van der Waals surface area (Å²) in [5.74, 6) is -2.25. The number of benzene rings is 2. The van der Waals surface area contributed by atoms with Crippen molar-refractivity contribution in [3.8, 4) is 11.5 Å². The highest BCUT2D eigenvalue weighted by Crippen LogP contribution is 2.39. The molecule has 4 aliphatic rings. The van der Waals surface area contributed by atoms with Crippen molar-refractivity contribution < 1.29 is 36.7 Å². The molecule has 4 heterocycles. The van der Waals surface area contributed by atoms with Crippen molar-refractivity contribution >= 4 is 45.6 Å². The number of nitrogens with zero attached hydrogens (tertiary/aromatic N) is 4. The summed E-state index contributed by atoms with van der Waals surface area (Å²) >= 11 is 0. The van der Waals surface area contributed by atoms with E-state index in [0.29, 0.717) is 39.0 Å². The number of likely N-dealkylation sites (N-methyl/N-ethyl adjacent to an activating group) is 2. The number of carbonyl (C=O) groups excluding carboxylic acids is 4. The molecule has 8 rings (SSSR count). The number of hydrogen-bond acceptors (Lipinski definition) is 7. The van der Waals surface area contributed by atoms with Crippen molar-refractivity contribution in [3.63, 3.8) is 0 Å². The Labute approximate surface area is 364 Å². The molecule has 340 valence electrons. The predicted octanol–water partition coefficient (Wildman–Crippen LogP) is 5.06. The van der Waals surface area contributed by atoms with Gasteiger partial charge in [0.15, 0.2) is 5.82 Å². The van der Waals surface area contributed by atoms with Gasteiger partial charge in [0.2, 0.25) is 23.6 Å². The van der Waals surface area contributed by atoms with Crippen LogP contribution in [0.4, 0.5) is 17.6 Å². The van der Waals surface area contributed by atoms with Crippen LogP contribution < -0.4 is 21.3 Å². The third-order valence-corrected chi connectivity index (χ3v) is 13.9. The van der Waals surface area contributed by atoms with E-state index in [2.05, 4.69) is 26.3 Å². The van der Waals surface area contributed by atoms with Crippen molar-refractivity contribution in [3.05, 3.63) is 53.6 Å². The Balaban J connectivity index is 1.16. The molecule has 13 nitrogen and oxygen atoms in total. The number of amides is 4. The highest BCUT2D eigenvalue weighted by molar-refractivity contribution is 5.93. The monoisotopic (exact) mass is 877 g/mol. The van der Waals surface area contributed by atoms with Gasteiger partial charge in [-0.1, -0.05) is 19.3 Å². The Bertz CT molecular complexity index is 2340. The number of imidazole rings is 1. The zero-order valence-corrected chi connectivity index (χ0v) is 36.4. The maximum atomic E-state index is 15.7. The lowest BCUT2D eigenvalue weighted by atomic mass is 9.83. The first-order chi connectivity index (χ1) is 30.2. The average molecular weight is 878 g/mol. The van der Waals surface area contributed by atoms with E-state index in [0.717, 1.165) is 44.9 Å². The molecular weight excluding hydrogens is 819 g/mol. The molecular formula is C46H59F4N9O4.